The molecule has 1 fully saturated rings. The van der Waals surface area contributed by atoms with Crippen molar-refractivity contribution in [2.75, 3.05) is 5.75 Å². The van der Waals surface area contributed by atoms with Crippen molar-refractivity contribution in [3.8, 4) is 0 Å². The van der Waals surface area contributed by atoms with Crippen LogP contribution in [-0.4, -0.2) is 29.7 Å². The van der Waals surface area contributed by atoms with Crippen molar-refractivity contribution in [2.45, 2.75) is 44.0 Å². The molecule has 0 saturated heterocycles. The molecule has 0 N–H and O–H groups in total. The van der Waals surface area contributed by atoms with E-state index >= 15 is 0 Å². The van der Waals surface area contributed by atoms with Crippen LogP contribution in [0, 0.1) is 5.92 Å². The van der Waals surface area contributed by atoms with Gasteiger partial charge in [0.2, 0.25) is 0 Å². The first-order chi connectivity index (χ1) is 10.4. The van der Waals surface area contributed by atoms with Crippen molar-refractivity contribution in [3.63, 3.8) is 0 Å². The Bertz CT molecular complexity index is 690. The summed E-state index contributed by atoms with van der Waals surface area (Å²) in [5.74, 6) is -0.465. The van der Waals surface area contributed by atoms with Gasteiger partial charge in [-0.3, -0.25) is 9.78 Å². The molecule has 0 radical (unpaired) electrons. The van der Waals surface area contributed by atoms with E-state index in [1.807, 2.05) is 0 Å². The fraction of sp³-hybridized carbons (Fsp3) is 0.600. The van der Waals surface area contributed by atoms with Gasteiger partial charge in [-0.25, -0.2) is 8.42 Å². The molecule has 1 saturated carbocycles. The summed E-state index contributed by atoms with van der Waals surface area (Å²) in [7, 11) is -3.60. The van der Waals surface area contributed by atoms with E-state index in [4.69, 9.17) is 0 Å². The van der Waals surface area contributed by atoms with Gasteiger partial charge in [0.05, 0.1) is 17.7 Å². The number of hydrogen-bond donors (Lipinski definition) is 0. The quantitative estimate of drug-likeness (QED) is 0.792. The lowest BCUT2D eigenvalue weighted by atomic mass is 10.0. The second-order valence-electron chi connectivity index (χ2n) is 6.37. The van der Waals surface area contributed by atoms with Crippen molar-refractivity contribution in [2.24, 2.45) is 5.92 Å². The Morgan fingerprint density at radius 2 is 1.87 bits per heavy atom. The summed E-state index contributed by atoms with van der Waals surface area (Å²) in [6, 6.07) is 1.94. The molecule has 0 aliphatic heterocycles. The minimum atomic E-state index is -4.50. The van der Waals surface area contributed by atoms with Gasteiger partial charge >= 0.3 is 6.18 Å². The Labute approximate surface area is 133 Å². The minimum Gasteiger partial charge on any atom is -0.298 e. The van der Waals surface area contributed by atoms with E-state index in [1.54, 1.807) is 0 Å². The normalized spacial score (nSPS) is 16.4. The van der Waals surface area contributed by atoms with Gasteiger partial charge in [0.1, 0.15) is 4.75 Å². The van der Waals surface area contributed by atoms with Crippen LogP contribution in [0.5, 0.6) is 0 Å². The molecule has 0 atom stereocenters. The maximum atomic E-state index is 12.5. The Morgan fingerprint density at radius 3 is 2.30 bits per heavy atom. The number of carbonyl (C=O) groups excluding carboxylic acids is 1. The van der Waals surface area contributed by atoms with Gasteiger partial charge in [0.15, 0.2) is 15.6 Å². The van der Waals surface area contributed by atoms with Crippen LogP contribution in [0.15, 0.2) is 18.3 Å². The van der Waals surface area contributed by atoms with Gasteiger partial charge in [-0.2, -0.15) is 13.2 Å². The van der Waals surface area contributed by atoms with Crippen molar-refractivity contribution in [1.82, 2.24) is 4.98 Å². The zero-order valence-electron chi connectivity index (χ0n) is 12.9. The van der Waals surface area contributed by atoms with Crippen LogP contribution in [-0.2, 0) is 27.2 Å². The van der Waals surface area contributed by atoms with Crippen molar-refractivity contribution in [1.29, 1.82) is 0 Å². The lowest BCUT2D eigenvalue weighted by Crippen LogP contribution is -2.43. The Morgan fingerprint density at radius 1 is 1.26 bits per heavy atom. The highest BCUT2D eigenvalue weighted by Gasteiger charge is 2.44. The van der Waals surface area contributed by atoms with E-state index < -0.39 is 32.1 Å². The van der Waals surface area contributed by atoms with Crippen LogP contribution < -0.4 is 0 Å². The molecule has 0 unspecified atom stereocenters. The zero-order chi connectivity index (χ0) is 17.5. The van der Waals surface area contributed by atoms with Gasteiger partial charge in [-0.1, -0.05) is 0 Å². The molecule has 2 rings (SSSR count). The van der Waals surface area contributed by atoms with Gasteiger partial charge in [0.25, 0.3) is 0 Å². The first kappa shape index (κ1) is 17.9. The Kier molecular flexibility index (Phi) is 4.58. The van der Waals surface area contributed by atoms with Crippen LogP contribution in [0.25, 0.3) is 0 Å². The predicted octanol–water partition coefficient (Wildman–Crippen LogP) is 2.82. The Hall–Kier alpha value is -1.44. The van der Waals surface area contributed by atoms with Crippen LogP contribution in [0.2, 0.25) is 0 Å². The molecule has 1 heterocycles. The third kappa shape index (κ3) is 4.10. The molecule has 0 spiro atoms. The third-order valence-corrected chi connectivity index (χ3v) is 6.79. The Balaban J connectivity index is 2.11. The number of rotatable bonds is 6. The molecule has 0 aromatic carbocycles. The SMILES string of the molecule is CC(C)(C(=O)Cc1ccc(C(F)(F)F)cn1)S(=O)(=O)CC1CC1. The second kappa shape index (κ2) is 5.89. The number of sulfone groups is 1. The summed E-state index contributed by atoms with van der Waals surface area (Å²) >= 11 is 0. The van der Waals surface area contributed by atoms with Crippen molar-refractivity contribution >= 4 is 15.6 Å². The molecule has 0 bridgehead atoms. The molecule has 1 aliphatic carbocycles. The molecule has 1 aliphatic rings. The van der Waals surface area contributed by atoms with Gasteiger partial charge in [-0.15, -0.1) is 0 Å². The minimum absolute atomic E-state index is 0.0216. The number of halogens is 3. The number of alkyl halides is 3. The summed E-state index contributed by atoms with van der Waals surface area (Å²) in [4.78, 5) is 15.9. The molecule has 23 heavy (non-hydrogen) atoms. The molecular formula is C15H18F3NO3S. The number of Topliss-reactive ketones (excluding diaryl/α,β-unsaturated/α-hetero) is 1. The van der Waals surface area contributed by atoms with Crippen LogP contribution in [0.3, 0.4) is 0 Å². The molecule has 0 amide bonds. The van der Waals surface area contributed by atoms with Crippen LogP contribution in [0.1, 0.15) is 37.9 Å². The van der Waals surface area contributed by atoms with Crippen molar-refractivity contribution < 1.29 is 26.4 Å². The lowest BCUT2D eigenvalue weighted by Gasteiger charge is -2.23. The van der Waals surface area contributed by atoms with Gasteiger partial charge in [0, 0.05) is 11.9 Å². The second-order valence-corrected chi connectivity index (χ2v) is 8.95. The standard InChI is InChI=1S/C15H18F3NO3S/c1-14(2,23(21,22)9-10-3-4-10)13(20)7-12-6-5-11(8-19-12)15(16,17)18/h5-6,8,10H,3-4,7,9H2,1-2H3. The van der Waals surface area contributed by atoms with E-state index in [-0.39, 0.29) is 23.8 Å². The highest BCUT2D eigenvalue weighted by molar-refractivity contribution is 7.93. The molecule has 1 aromatic rings. The largest absolute Gasteiger partial charge is 0.417 e. The van der Waals surface area contributed by atoms with E-state index in [1.165, 1.54) is 13.8 Å². The highest BCUT2D eigenvalue weighted by Crippen LogP contribution is 2.34. The number of pyridine rings is 1. The number of nitrogens with zero attached hydrogens (tertiary/aromatic N) is 1. The predicted molar refractivity (Wildman–Crippen MR) is 78.5 cm³/mol. The van der Waals surface area contributed by atoms with E-state index in [0.717, 1.165) is 25.0 Å². The lowest BCUT2D eigenvalue weighted by molar-refractivity contribution is -0.137. The van der Waals surface area contributed by atoms with Gasteiger partial charge < -0.3 is 0 Å². The molecular weight excluding hydrogens is 331 g/mol. The maximum absolute atomic E-state index is 12.5. The number of ketones is 1. The monoisotopic (exact) mass is 349 g/mol. The van der Waals surface area contributed by atoms with E-state index in [9.17, 15) is 26.4 Å². The molecule has 1 aromatic heterocycles. The molecule has 8 heteroatoms. The fourth-order valence-electron chi connectivity index (χ4n) is 2.05. The first-order valence-electron chi connectivity index (χ1n) is 7.21. The number of carbonyl (C=O) groups is 1. The molecule has 128 valence electrons. The number of hydrogen-bond acceptors (Lipinski definition) is 4. The fourth-order valence-corrected chi connectivity index (χ4v) is 3.84. The summed E-state index contributed by atoms with van der Waals surface area (Å²) in [5.41, 5.74) is -0.785. The average Bonchev–Trinajstić information content (AvgIpc) is 3.21. The third-order valence-electron chi connectivity index (χ3n) is 4.09. The van der Waals surface area contributed by atoms with Crippen LogP contribution in [0.4, 0.5) is 13.2 Å². The maximum Gasteiger partial charge on any atom is 0.417 e. The summed E-state index contributed by atoms with van der Waals surface area (Å²) < 4.78 is 60.5. The first-order valence-corrected chi connectivity index (χ1v) is 8.86. The number of aromatic nitrogens is 1. The highest BCUT2D eigenvalue weighted by atomic mass is 32.2. The summed E-state index contributed by atoms with van der Waals surface area (Å²) in [6.07, 6.45) is -2.46. The average molecular weight is 349 g/mol. The molecule has 4 nitrogen and oxygen atoms in total. The smallest absolute Gasteiger partial charge is 0.298 e. The summed E-state index contributed by atoms with van der Waals surface area (Å²) in [5, 5.41) is 0. The van der Waals surface area contributed by atoms with E-state index in [0.29, 0.717) is 6.20 Å². The zero-order valence-corrected chi connectivity index (χ0v) is 13.7. The van der Waals surface area contributed by atoms with Crippen LogP contribution >= 0.6 is 0 Å². The van der Waals surface area contributed by atoms with Crippen molar-refractivity contribution in [3.05, 3.63) is 29.6 Å². The topological polar surface area (TPSA) is 64.1 Å². The summed E-state index contributed by atoms with van der Waals surface area (Å²) in [6.45, 7) is 2.69. The van der Waals surface area contributed by atoms with Gasteiger partial charge in [-0.05, 0) is 44.7 Å². The van der Waals surface area contributed by atoms with E-state index in [2.05, 4.69) is 4.98 Å².